The van der Waals surface area contributed by atoms with Gasteiger partial charge in [0.25, 0.3) is 0 Å². The standard InChI is InChI=1S/C17H34N6/c1-6-9-12-22(5)16-19-15(18-4)20-17(21-16)23(13-10-7-2)14-11-8-3/h6-14H2,1-5H3,(H,18,19,20,21). The molecule has 0 amide bonds. The largest absolute Gasteiger partial charge is 0.357 e. The van der Waals surface area contributed by atoms with Crippen molar-refractivity contribution in [3.63, 3.8) is 0 Å². The zero-order chi connectivity index (χ0) is 17.1. The molecule has 6 nitrogen and oxygen atoms in total. The Kier molecular flexibility index (Phi) is 9.33. The van der Waals surface area contributed by atoms with Crippen LogP contribution < -0.4 is 15.1 Å². The van der Waals surface area contributed by atoms with Gasteiger partial charge in [0, 0.05) is 33.7 Å². The molecule has 6 heteroatoms. The Balaban J connectivity index is 3.00. The SMILES string of the molecule is CCCCN(C)c1nc(NC)nc(N(CCCC)CCCC)n1. The first kappa shape index (κ1) is 19.5. The molecule has 0 fully saturated rings. The molecule has 1 N–H and O–H groups in total. The van der Waals surface area contributed by atoms with Crippen molar-refractivity contribution >= 4 is 17.8 Å². The van der Waals surface area contributed by atoms with Crippen LogP contribution in [0.15, 0.2) is 0 Å². The Morgan fingerprint density at radius 3 is 1.83 bits per heavy atom. The summed E-state index contributed by atoms with van der Waals surface area (Å²) < 4.78 is 0. The number of rotatable bonds is 12. The highest BCUT2D eigenvalue weighted by atomic mass is 15.4. The van der Waals surface area contributed by atoms with Gasteiger partial charge in [0.1, 0.15) is 0 Å². The zero-order valence-corrected chi connectivity index (χ0v) is 15.6. The maximum absolute atomic E-state index is 4.73. The lowest BCUT2D eigenvalue weighted by Crippen LogP contribution is -2.29. The van der Waals surface area contributed by atoms with E-state index in [-0.39, 0.29) is 0 Å². The molecule has 0 aromatic carbocycles. The third-order valence-electron chi connectivity index (χ3n) is 3.87. The minimum absolute atomic E-state index is 0.645. The van der Waals surface area contributed by atoms with Crippen molar-refractivity contribution in [1.82, 2.24) is 15.0 Å². The van der Waals surface area contributed by atoms with E-state index in [0.717, 1.165) is 50.8 Å². The maximum atomic E-state index is 4.73. The topological polar surface area (TPSA) is 57.2 Å². The van der Waals surface area contributed by atoms with Gasteiger partial charge in [0.2, 0.25) is 17.8 Å². The lowest BCUT2D eigenvalue weighted by Gasteiger charge is -2.24. The lowest BCUT2D eigenvalue weighted by molar-refractivity contribution is 0.659. The summed E-state index contributed by atoms with van der Waals surface area (Å²) in [4.78, 5) is 18.2. The monoisotopic (exact) mass is 322 g/mol. The van der Waals surface area contributed by atoms with Crippen molar-refractivity contribution in [2.24, 2.45) is 0 Å². The molecular weight excluding hydrogens is 288 g/mol. The van der Waals surface area contributed by atoms with E-state index in [1.54, 1.807) is 0 Å². The smallest absolute Gasteiger partial charge is 0.231 e. The molecule has 0 bridgehead atoms. The number of hydrogen-bond donors (Lipinski definition) is 1. The number of aromatic nitrogens is 3. The predicted molar refractivity (Wildman–Crippen MR) is 99.6 cm³/mol. The summed E-state index contributed by atoms with van der Waals surface area (Å²) >= 11 is 0. The van der Waals surface area contributed by atoms with Gasteiger partial charge in [-0.15, -0.1) is 0 Å². The fourth-order valence-electron chi connectivity index (χ4n) is 2.28. The van der Waals surface area contributed by atoms with Crippen LogP contribution in [-0.4, -0.2) is 48.7 Å². The van der Waals surface area contributed by atoms with E-state index >= 15 is 0 Å². The Morgan fingerprint density at radius 1 is 0.783 bits per heavy atom. The van der Waals surface area contributed by atoms with E-state index in [1.807, 2.05) is 7.05 Å². The minimum atomic E-state index is 0.645. The van der Waals surface area contributed by atoms with Crippen LogP contribution in [0, 0.1) is 0 Å². The molecule has 0 aliphatic carbocycles. The van der Waals surface area contributed by atoms with Gasteiger partial charge >= 0.3 is 0 Å². The third kappa shape index (κ3) is 6.59. The number of anilines is 3. The van der Waals surface area contributed by atoms with E-state index < -0.39 is 0 Å². The number of nitrogens with zero attached hydrogens (tertiary/aromatic N) is 5. The van der Waals surface area contributed by atoms with Crippen LogP contribution in [0.25, 0.3) is 0 Å². The maximum Gasteiger partial charge on any atom is 0.231 e. The highest BCUT2D eigenvalue weighted by Crippen LogP contribution is 2.17. The van der Waals surface area contributed by atoms with Gasteiger partial charge in [0.15, 0.2) is 0 Å². The molecule has 0 atom stereocenters. The quantitative estimate of drug-likeness (QED) is 0.635. The summed E-state index contributed by atoms with van der Waals surface area (Å²) in [6.45, 7) is 9.60. The summed E-state index contributed by atoms with van der Waals surface area (Å²) in [5, 5.41) is 3.07. The molecule has 1 rings (SSSR count). The molecule has 0 aliphatic rings. The first-order chi connectivity index (χ1) is 11.2. The molecule has 1 aromatic rings. The van der Waals surface area contributed by atoms with Crippen LogP contribution >= 0.6 is 0 Å². The van der Waals surface area contributed by atoms with Crippen molar-refractivity contribution in [2.75, 3.05) is 48.8 Å². The van der Waals surface area contributed by atoms with Gasteiger partial charge in [-0.05, 0) is 19.3 Å². The van der Waals surface area contributed by atoms with Crippen LogP contribution in [0.4, 0.5) is 17.8 Å². The van der Waals surface area contributed by atoms with E-state index in [2.05, 4.69) is 52.9 Å². The molecule has 0 spiro atoms. The van der Waals surface area contributed by atoms with Gasteiger partial charge in [-0.3, -0.25) is 0 Å². The summed E-state index contributed by atoms with van der Waals surface area (Å²) in [6, 6.07) is 0. The predicted octanol–water partition coefficient (Wildman–Crippen LogP) is 3.56. The minimum Gasteiger partial charge on any atom is -0.357 e. The molecule has 0 saturated carbocycles. The van der Waals surface area contributed by atoms with E-state index in [0.29, 0.717) is 5.95 Å². The second-order valence-electron chi connectivity index (χ2n) is 5.98. The van der Waals surface area contributed by atoms with Crippen LogP contribution in [-0.2, 0) is 0 Å². The average molecular weight is 323 g/mol. The van der Waals surface area contributed by atoms with Crippen LogP contribution in [0.1, 0.15) is 59.3 Å². The van der Waals surface area contributed by atoms with Gasteiger partial charge < -0.3 is 15.1 Å². The van der Waals surface area contributed by atoms with Crippen molar-refractivity contribution in [3.05, 3.63) is 0 Å². The van der Waals surface area contributed by atoms with Gasteiger partial charge in [-0.1, -0.05) is 40.0 Å². The zero-order valence-electron chi connectivity index (χ0n) is 15.6. The summed E-state index contributed by atoms with van der Waals surface area (Å²) in [6.07, 6.45) is 6.98. The molecule has 132 valence electrons. The average Bonchev–Trinajstić information content (AvgIpc) is 2.59. The fourth-order valence-corrected chi connectivity index (χ4v) is 2.28. The number of hydrogen-bond acceptors (Lipinski definition) is 6. The normalized spacial score (nSPS) is 10.7. The molecule has 1 heterocycles. The van der Waals surface area contributed by atoms with Crippen molar-refractivity contribution in [3.8, 4) is 0 Å². The van der Waals surface area contributed by atoms with Crippen molar-refractivity contribution < 1.29 is 0 Å². The highest BCUT2D eigenvalue weighted by molar-refractivity contribution is 5.44. The second-order valence-corrected chi connectivity index (χ2v) is 5.98. The number of nitrogens with one attached hydrogen (secondary N) is 1. The Morgan fingerprint density at radius 2 is 1.30 bits per heavy atom. The first-order valence-electron chi connectivity index (χ1n) is 9.06. The van der Waals surface area contributed by atoms with Crippen LogP contribution in [0.5, 0.6) is 0 Å². The van der Waals surface area contributed by atoms with Gasteiger partial charge in [0.05, 0.1) is 0 Å². The van der Waals surface area contributed by atoms with E-state index in [1.165, 1.54) is 19.3 Å². The highest BCUT2D eigenvalue weighted by Gasteiger charge is 2.14. The van der Waals surface area contributed by atoms with Crippen LogP contribution in [0.2, 0.25) is 0 Å². The molecular formula is C17H34N6. The van der Waals surface area contributed by atoms with Gasteiger partial charge in [-0.2, -0.15) is 15.0 Å². The Hall–Kier alpha value is -1.59. The summed E-state index contributed by atoms with van der Waals surface area (Å²) in [5.41, 5.74) is 0. The molecule has 23 heavy (non-hydrogen) atoms. The van der Waals surface area contributed by atoms with E-state index in [9.17, 15) is 0 Å². The molecule has 0 saturated heterocycles. The molecule has 0 radical (unpaired) electrons. The van der Waals surface area contributed by atoms with Crippen molar-refractivity contribution in [2.45, 2.75) is 59.3 Å². The lowest BCUT2D eigenvalue weighted by atomic mass is 10.3. The second kappa shape index (κ2) is 11.0. The molecule has 1 aromatic heterocycles. The molecule has 0 unspecified atom stereocenters. The van der Waals surface area contributed by atoms with Crippen molar-refractivity contribution in [1.29, 1.82) is 0 Å². The summed E-state index contributed by atoms with van der Waals surface area (Å²) in [5.74, 6) is 2.20. The first-order valence-corrected chi connectivity index (χ1v) is 9.06. The number of unbranched alkanes of at least 4 members (excludes halogenated alkanes) is 3. The third-order valence-corrected chi connectivity index (χ3v) is 3.87. The Labute approximate surface area is 141 Å². The van der Waals surface area contributed by atoms with E-state index in [4.69, 9.17) is 4.98 Å². The molecule has 0 aliphatic heterocycles. The van der Waals surface area contributed by atoms with Crippen LogP contribution in [0.3, 0.4) is 0 Å². The summed E-state index contributed by atoms with van der Waals surface area (Å²) in [7, 11) is 3.91. The fraction of sp³-hybridized carbons (Fsp3) is 0.824. The van der Waals surface area contributed by atoms with Gasteiger partial charge in [-0.25, -0.2) is 0 Å². The Bertz CT molecular complexity index is 429.